The van der Waals surface area contributed by atoms with Gasteiger partial charge in [-0.3, -0.25) is 4.68 Å². The highest BCUT2D eigenvalue weighted by atomic mass is 15.2. The van der Waals surface area contributed by atoms with Crippen molar-refractivity contribution >= 4 is 10.9 Å². The minimum absolute atomic E-state index is 0.254. The van der Waals surface area contributed by atoms with Crippen molar-refractivity contribution < 1.29 is 0 Å². The van der Waals surface area contributed by atoms with Crippen molar-refractivity contribution in [1.29, 1.82) is 0 Å². The molecule has 2 rings (SSSR count). The number of hydrogen-bond acceptors (Lipinski definition) is 1. The topological polar surface area (TPSA) is 17.8 Å². The summed E-state index contributed by atoms with van der Waals surface area (Å²) in [5, 5.41) is 5.61. The molecule has 15 heavy (non-hydrogen) atoms. The molecule has 80 valence electrons. The highest BCUT2D eigenvalue weighted by molar-refractivity contribution is 5.79. The van der Waals surface area contributed by atoms with Crippen LogP contribution in [0.15, 0.2) is 24.4 Å². The standard InChI is InChI=1S/C13H18N2/c1-5-13(2,3)11-6-7-12-10(8-11)9-15(4)14-12/h6-9H,5H2,1-4H3. The van der Waals surface area contributed by atoms with Crippen molar-refractivity contribution in [3.05, 3.63) is 30.0 Å². The Morgan fingerprint density at radius 2 is 2.07 bits per heavy atom. The summed E-state index contributed by atoms with van der Waals surface area (Å²) in [6, 6.07) is 6.56. The Hall–Kier alpha value is -1.31. The normalized spacial score (nSPS) is 12.3. The van der Waals surface area contributed by atoms with Gasteiger partial charge in [0, 0.05) is 18.6 Å². The van der Waals surface area contributed by atoms with E-state index in [1.165, 1.54) is 10.9 Å². The zero-order valence-corrected chi connectivity index (χ0v) is 9.91. The van der Waals surface area contributed by atoms with E-state index in [1.54, 1.807) is 0 Å². The Morgan fingerprint density at radius 1 is 1.33 bits per heavy atom. The van der Waals surface area contributed by atoms with Crippen molar-refractivity contribution in [1.82, 2.24) is 9.78 Å². The van der Waals surface area contributed by atoms with Gasteiger partial charge in [-0.05, 0) is 29.5 Å². The van der Waals surface area contributed by atoms with Crippen LogP contribution in [-0.2, 0) is 12.5 Å². The second-order valence-corrected chi connectivity index (χ2v) is 4.81. The Kier molecular flexibility index (Phi) is 2.29. The number of hydrogen-bond donors (Lipinski definition) is 0. The van der Waals surface area contributed by atoms with Gasteiger partial charge in [-0.25, -0.2) is 0 Å². The van der Waals surface area contributed by atoms with E-state index in [-0.39, 0.29) is 5.41 Å². The summed E-state index contributed by atoms with van der Waals surface area (Å²) < 4.78 is 1.87. The van der Waals surface area contributed by atoms with Crippen LogP contribution >= 0.6 is 0 Å². The fraction of sp³-hybridized carbons (Fsp3) is 0.462. The van der Waals surface area contributed by atoms with E-state index in [4.69, 9.17) is 0 Å². The number of fused-ring (bicyclic) bond motifs is 1. The average Bonchev–Trinajstić information content (AvgIpc) is 2.56. The summed E-state index contributed by atoms with van der Waals surface area (Å²) in [4.78, 5) is 0. The smallest absolute Gasteiger partial charge is 0.0923 e. The maximum absolute atomic E-state index is 4.38. The Labute approximate surface area is 90.9 Å². The van der Waals surface area contributed by atoms with Crippen molar-refractivity contribution in [3.63, 3.8) is 0 Å². The fourth-order valence-electron chi connectivity index (χ4n) is 1.77. The molecule has 2 heteroatoms. The first-order valence-corrected chi connectivity index (χ1v) is 5.47. The van der Waals surface area contributed by atoms with Crippen LogP contribution in [-0.4, -0.2) is 9.78 Å². The highest BCUT2D eigenvalue weighted by Crippen LogP contribution is 2.28. The predicted molar refractivity (Wildman–Crippen MR) is 64.0 cm³/mol. The lowest BCUT2D eigenvalue weighted by atomic mass is 9.82. The number of rotatable bonds is 2. The molecule has 1 aromatic carbocycles. The van der Waals surface area contributed by atoms with Gasteiger partial charge in [-0.1, -0.05) is 26.8 Å². The SMILES string of the molecule is CCC(C)(C)c1ccc2nn(C)cc2c1. The molecule has 0 N–H and O–H groups in total. The van der Waals surface area contributed by atoms with Crippen LogP contribution in [0.1, 0.15) is 32.8 Å². The Balaban J connectivity index is 2.55. The van der Waals surface area contributed by atoms with Crippen molar-refractivity contribution in [2.75, 3.05) is 0 Å². The lowest BCUT2D eigenvalue weighted by Gasteiger charge is -2.23. The van der Waals surface area contributed by atoms with E-state index in [2.05, 4.69) is 50.3 Å². The largest absolute Gasteiger partial charge is 0.275 e. The second kappa shape index (κ2) is 3.37. The molecule has 0 saturated carbocycles. The maximum atomic E-state index is 4.38. The van der Waals surface area contributed by atoms with Gasteiger partial charge < -0.3 is 0 Å². The summed E-state index contributed by atoms with van der Waals surface area (Å²) in [6.45, 7) is 6.79. The third-order valence-corrected chi connectivity index (χ3v) is 3.28. The minimum atomic E-state index is 0.254. The molecule has 0 fully saturated rings. The first-order chi connectivity index (χ1) is 7.03. The molecule has 2 nitrogen and oxygen atoms in total. The first-order valence-electron chi connectivity index (χ1n) is 5.47. The predicted octanol–water partition coefficient (Wildman–Crippen LogP) is 3.26. The molecule has 0 radical (unpaired) electrons. The Morgan fingerprint density at radius 3 is 2.73 bits per heavy atom. The van der Waals surface area contributed by atoms with Gasteiger partial charge in [0.05, 0.1) is 5.52 Å². The minimum Gasteiger partial charge on any atom is -0.275 e. The number of benzene rings is 1. The number of aryl methyl sites for hydroxylation is 1. The van der Waals surface area contributed by atoms with Crippen molar-refractivity contribution in [2.45, 2.75) is 32.6 Å². The molecule has 1 aromatic heterocycles. The molecule has 2 aromatic rings. The van der Waals surface area contributed by atoms with Crippen molar-refractivity contribution in [3.8, 4) is 0 Å². The van der Waals surface area contributed by atoms with Crippen LogP contribution in [0, 0.1) is 0 Å². The van der Waals surface area contributed by atoms with E-state index in [0.29, 0.717) is 0 Å². The van der Waals surface area contributed by atoms with Gasteiger partial charge in [0.1, 0.15) is 0 Å². The zero-order chi connectivity index (χ0) is 11.1. The number of nitrogens with zero attached hydrogens (tertiary/aromatic N) is 2. The van der Waals surface area contributed by atoms with Gasteiger partial charge >= 0.3 is 0 Å². The van der Waals surface area contributed by atoms with E-state index in [9.17, 15) is 0 Å². The van der Waals surface area contributed by atoms with Gasteiger partial charge in [-0.15, -0.1) is 0 Å². The van der Waals surface area contributed by atoms with Crippen LogP contribution in [0.4, 0.5) is 0 Å². The fourth-order valence-corrected chi connectivity index (χ4v) is 1.77. The van der Waals surface area contributed by atoms with Crippen LogP contribution < -0.4 is 0 Å². The summed E-state index contributed by atoms with van der Waals surface area (Å²) in [5.41, 5.74) is 2.72. The van der Waals surface area contributed by atoms with E-state index in [1.807, 2.05) is 11.7 Å². The van der Waals surface area contributed by atoms with Crippen LogP contribution in [0.5, 0.6) is 0 Å². The van der Waals surface area contributed by atoms with Gasteiger partial charge in [-0.2, -0.15) is 5.10 Å². The maximum Gasteiger partial charge on any atom is 0.0923 e. The molecule has 0 amide bonds. The molecular weight excluding hydrogens is 184 g/mol. The van der Waals surface area contributed by atoms with Crippen LogP contribution in [0.3, 0.4) is 0 Å². The molecule has 0 aliphatic rings. The summed E-state index contributed by atoms with van der Waals surface area (Å²) in [5.74, 6) is 0. The first kappa shape index (κ1) is 10.2. The van der Waals surface area contributed by atoms with Gasteiger partial charge in [0.15, 0.2) is 0 Å². The van der Waals surface area contributed by atoms with Crippen molar-refractivity contribution in [2.24, 2.45) is 7.05 Å². The highest BCUT2D eigenvalue weighted by Gasteiger charge is 2.18. The summed E-state index contributed by atoms with van der Waals surface area (Å²) >= 11 is 0. The van der Waals surface area contributed by atoms with Crippen LogP contribution in [0.2, 0.25) is 0 Å². The summed E-state index contributed by atoms with van der Waals surface area (Å²) in [6.07, 6.45) is 3.23. The Bertz CT molecular complexity index is 480. The third-order valence-electron chi connectivity index (χ3n) is 3.28. The molecular formula is C13H18N2. The molecule has 0 aliphatic carbocycles. The molecule has 0 spiro atoms. The molecule has 0 saturated heterocycles. The molecule has 1 heterocycles. The zero-order valence-electron chi connectivity index (χ0n) is 9.91. The van der Waals surface area contributed by atoms with Gasteiger partial charge in [0.2, 0.25) is 0 Å². The van der Waals surface area contributed by atoms with Crippen LogP contribution in [0.25, 0.3) is 10.9 Å². The lowest BCUT2D eigenvalue weighted by molar-refractivity contribution is 0.507. The monoisotopic (exact) mass is 202 g/mol. The van der Waals surface area contributed by atoms with E-state index < -0.39 is 0 Å². The van der Waals surface area contributed by atoms with E-state index in [0.717, 1.165) is 11.9 Å². The second-order valence-electron chi connectivity index (χ2n) is 4.81. The molecule has 0 bridgehead atoms. The lowest BCUT2D eigenvalue weighted by Crippen LogP contribution is -2.14. The van der Waals surface area contributed by atoms with E-state index >= 15 is 0 Å². The van der Waals surface area contributed by atoms with Gasteiger partial charge in [0.25, 0.3) is 0 Å². The third kappa shape index (κ3) is 1.76. The molecule has 0 unspecified atom stereocenters. The average molecular weight is 202 g/mol. The quantitative estimate of drug-likeness (QED) is 0.731. The molecule has 0 aliphatic heterocycles. The molecule has 0 atom stereocenters. The number of aromatic nitrogens is 2. The summed E-state index contributed by atoms with van der Waals surface area (Å²) in [7, 11) is 1.96.